The Morgan fingerprint density at radius 3 is 1.23 bits per heavy atom. The topological polar surface area (TPSA) is 105 Å². The third-order valence-electron chi connectivity index (χ3n) is 13.1. The Morgan fingerprint density at radius 1 is 0.479 bits per heavy atom. The number of nitrogens with one attached hydrogen (secondary N) is 1. The van der Waals surface area contributed by atoms with Crippen LogP contribution in [0.15, 0.2) is 72.9 Å². The number of hydrogen-bond acceptors (Lipinski definition) is 5. The van der Waals surface area contributed by atoms with E-state index in [1.807, 2.05) is 27.2 Å². The lowest BCUT2D eigenvalue weighted by atomic mass is 10.0. The molecular formula is C62H116N2O6P+. The fraction of sp³-hybridized carbons (Fsp3) is 0.790. The van der Waals surface area contributed by atoms with Crippen molar-refractivity contribution < 1.29 is 32.9 Å². The third-order valence-corrected chi connectivity index (χ3v) is 14.1. The maximum Gasteiger partial charge on any atom is 0.472 e. The molecule has 0 aliphatic rings. The molecule has 71 heavy (non-hydrogen) atoms. The highest BCUT2D eigenvalue weighted by molar-refractivity contribution is 7.47. The van der Waals surface area contributed by atoms with Crippen LogP contribution in [0.5, 0.6) is 0 Å². The van der Waals surface area contributed by atoms with Gasteiger partial charge in [0.15, 0.2) is 0 Å². The smallest absolute Gasteiger partial charge is 0.387 e. The van der Waals surface area contributed by atoms with Gasteiger partial charge in [-0.05, 0) is 83.5 Å². The summed E-state index contributed by atoms with van der Waals surface area (Å²) in [5.41, 5.74) is 0. The molecule has 8 nitrogen and oxygen atoms in total. The molecule has 3 atom stereocenters. The molecular weight excluding hydrogens is 900 g/mol. The standard InChI is InChI=1S/C62H115N2O6P/c1-6-8-10-12-14-16-18-20-22-24-26-28-29-30-31-32-33-34-36-37-39-41-43-45-47-49-51-53-55-61(65)60(59-70-71(67,68)69-58-57-64(3,4)5)63-62(66)56-54-52-50-48-46-44-42-40-38-35-27-25-23-21-19-17-15-13-11-9-7-2/h19,21,25,27,37-40,45,47,53,55,60-61,65H,6-18,20,22-24,26,28-36,41-44,46,48-52,54,56-59H2,1-5H3,(H-,63,66,67,68)/p+1/b21-19-,27-25-,39-37+,40-38-,47-45+,55-53+. The quantitative estimate of drug-likeness (QED) is 0.0243. The number of aliphatic hydroxyl groups is 1. The Morgan fingerprint density at radius 2 is 0.817 bits per heavy atom. The molecule has 9 heteroatoms. The van der Waals surface area contributed by atoms with Crippen molar-refractivity contribution in [3.63, 3.8) is 0 Å². The zero-order valence-electron chi connectivity index (χ0n) is 47.2. The number of likely N-dealkylation sites (N-methyl/N-ethyl adjacent to an activating group) is 1. The third kappa shape index (κ3) is 55.5. The van der Waals surface area contributed by atoms with Gasteiger partial charge in [0, 0.05) is 6.42 Å². The van der Waals surface area contributed by atoms with Gasteiger partial charge in [0.05, 0.1) is 39.9 Å². The van der Waals surface area contributed by atoms with E-state index in [1.54, 1.807) is 6.08 Å². The highest BCUT2D eigenvalue weighted by Crippen LogP contribution is 2.43. The summed E-state index contributed by atoms with van der Waals surface area (Å²) >= 11 is 0. The molecule has 0 aromatic heterocycles. The number of amides is 1. The molecule has 0 fully saturated rings. The Balaban J connectivity index is 4.30. The summed E-state index contributed by atoms with van der Waals surface area (Å²) in [6, 6.07) is -0.882. The second kappa shape index (κ2) is 52.8. The van der Waals surface area contributed by atoms with E-state index in [2.05, 4.69) is 79.9 Å². The average molecular weight is 1020 g/mol. The minimum atomic E-state index is -4.37. The van der Waals surface area contributed by atoms with Gasteiger partial charge in [-0.25, -0.2) is 4.57 Å². The molecule has 0 saturated carbocycles. The molecule has 0 aliphatic carbocycles. The lowest BCUT2D eigenvalue weighted by Gasteiger charge is -2.25. The van der Waals surface area contributed by atoms with Crippen molar-refractivity contribution in [2.45, 2.75) is 276 Å². The number of rotatable bonds is 54. The SMILES string of the molecule is CCCCCCC/C=C\C/C=C\C/C=C\CCCCCCCCC(=O)NC(COP(=O)(O)OCC[N+](C)(C)C)C(O)/C=C/CC/C=C/CC/C=C/CCCCCCCCCCCCCCCCCCCC. The summed E-state index contributed by atoms with van der Waals surface area (Å²) in [4.78, 5) is 23.3. The lowest BCUT2D eigenvalue weighted by Crippen LogP contribution is -2.45. The van der Waals surface area contributed by atoms with Crippen molar-refractivity contribution in [3.8, 4) is 0 Å². The molecule has 0 spiro atoms. The molecule has 0 bridgehead atoms. The average Bonchev–Trinajstić information content (AvgIpc) is 3.33. The second-order valence-corrected chi connectivity index (χ2v) is 22.8. The van der Waals surface area contributed by atoms with Crippen LogP contribution < -0.4 is 5.32 Å². The van der Waals surface area contributed by atoms with Crippen LogP contribution in [0, 0.1) is 0 Å². The van der Waals surface area contributed by atoms with Crippen LogP contribution in [0.25, 0.3) is 0 Å². The normalized spacial score (nSPS) is 14.4. The number of nitrogens with zero attached hydrogens (tertiary/aromatic N) is 1. The van der Waals surface area contributed by atoms with Crippen molar-refractivity contribution in [2.24, 2.45) is 0 Å². The number of quaternary nitrogens is 1. The van der Waals surface area contributed by atoms with Gasteiger partial charge in [-0.1, -0.05) is 247 Å². The van der Waals surface area contributed by atoms with Crippen molar-refractivity contribution in [1.29, 1.82) is 0 Å². The van der Waals surface area contributed by atoms with Gasteiger partial charge in [-0.2, -0.15) is 0 Å². The predicted octanol–water partition coefficient (Wildman–Crippen LogP) is 18.3. The molecule has 414 valence electrons. The summed E-state index contributed by atoms with van der Waals surface area (Å²) in [6.45, 7) is 4.78. The van der Waals surface area contributed by atoms with E-state index in [9.17, 15) is 19.4 Å². The first kappa shape index (κ1) is 68.9. The van der Waals surface area contributed by atoms with E-state index in [0.717, 1.165) is 70.6 Å². The number of hydrogen-bond donors (Lipinski definition) is 3. The number of carbonyl (C=O) groups excluding carboxylic acids is 1. The fourth-order valence-corrected chi connectivity index (χ4v) is 9.17. The molecule has 3 unspecified atom stereocenters. The van der Waals surface area contributed by atoms with Crippen molar-refractivity contribution >= 4 is 13.7 Å². The second-order valence-electron chi connectivity index (χ2n) is 21.3. The van der Waals surface area contributed by atoms with E-state index in [0.29, 0.717) is 17.4 Å². The highest BCUT2D eigenvalue weighted by Gasteiger charge is 2.27. The minimum Gasteiger partial charge on any atom is -0.387 e. The molecule has 1 amide bonds. The van der Waals surface area contributed by atoms with E-state index in [4.69, 9.17) is 9.05 Å². The fourth-order valence-electron chi connectivity index (χ4n) is 8.43. The van der Waals surface area contributed by atoms with Crippen molar-refractivity contribution in [1.82, 2.24) is 5.32 Å². The first-order valence-electron chi connectivity index (χ1n) is 29.8. The predicted molar refractivity (Wildman–Crippen MR) is 309 cm³/mol. The number of unbranched alkanes of at least 4 members (excludes halogenated alkanes) is 31. The monoisotopic (exact) mass is 1020 g/mol. The van der Waals surface area contributed by atoms with E-state index in [-0.39, 0.29) is 19.1 Å². The van der Waals surface area contributed by atoms with Gasteiger partial charge in [-0.15, -0.1) is 0 Å². The Labute approximate surface area is 440 Å². The summed E-state index contributed by atoms with van der Waals surface area (Å²) in [7, 11) is 1.53. The summed E-state index contributed by atoms with van der Waals surface area (Å²) in [5.74, 6) is -0.204. The summed E-state index contributed by atoms with van der Waals surface area (Å²) in [5, 5.41) is 13.9. The van der Waals surface area contributed by atoms with Crippen LogP contribution in [0.4, 0.5) is 0 Å². The molecule has 0 rings (SSSR count). The van der Waals surface area contributed by atoms with Crippen molar-refractivity contribution in [3.05, 3.63) is 72.9 Å². The number of phosphoric acid groups is 1. The van der Waals surface area contributed by atoms with Gasteiger partial charge >= 0.3 is 7.82 Å². The highest BCUT2D eigenvalue weighted by atomic mass is 31.2. The van der Waals surface area contributed by atoms with E-state index >= 15 is 0 Å². The molecule has 0 radical (unpaired) electrons. The molecule has 0 heterocycles. The molecule has 3 N–H and O–H groups in total. The van der Waals surface area contributed by atoms with Crippen LogP contribution in [0.1, 0.15) is 264 Å². The summed E-state index contributed by atoms with van der Waals surface area (Å²) in [6.07, 6.45) is 73.0. The van der Waals surface area contributed by atoms with E-state index < -0.39 is 20.0 Å². The van der Waals surface area contributed by atoms with Gasteiger partial charge in [-0.3, -0.25) is 13.8 Å². The Bertz CT molecular complexity index is 1380. The van der Waals surface area contributed by atoms with Crippen LogP contribution >= 0.6 is 7.82 Å². The maximum absolute atomic E-state index is 13.0. The molecule has 0 aliphatic heterocycles. The van der Waals surface area contributed by atoms with Gasteiger partial charge in [0.25, 0.3) is 0 Å². The molecule has 0 saturated heterocycles. The number of phosphoric ester groups is 1. The van der Waals surface area contributed by atoms with Crippen molar-refractivity contribution in [2.75, 3.05) is 40.9 Å². The number of allylic oxidation sites excluding steroid dienone is 11. The molecule has 0 aromatic rings. The lowest BCUT2D eigenvalue weighted by molar-refractivity contribution is -0.870. The summed E-state index contributed by atoms with van der Waals surface area (Å²) < 4.78 is 23.7. The van der Waals surface area contributed by atoms with E-state index in [1.165, 1.54) is 173 Å². The van der Waals surface area contributed by atoms with Crippen LogP contribution in [-0.4, -0.2) is 73.4 Å². The Kier molecular flexibility index (Phi) is 51.3. The number of carbonyl (C=O) groups is 1. The van der Waals surface area contributed by atoms with Gasteiger partial charge in [0.1, 0.15) is 13.2 Å². The van der Waals surface area contributed by atoms with Crippen LogP contribution in [0.2, 0.25) is 0 Å². The first-order valence-corrected chi connectivity index (χ1v) is 31.3. The largest absolute Gasteiger partial charge is 0.472 e. The van der Waals surface area contributed by atoms with Crippen LogP contribution in [0.3, 0.4) is 0 Å². The first-order chi connectivity index (χ1) is 34.5. The van der Waals surface area contributed by atoms with Crippen LogP contribution in [-0.2, 0) is 18.4 Å². The Hall–Kier alpha value is -2.06. The number of aliphatic hydroxyl groups excluding tert-OH is 1. The molecule has 0 aromatic carbocycles. The zero-order valence-corrected chi connectivity index (χ0v) is 48.1. The maximum atomic E-state index is 13.0. The van der Waals surface area contributed by atoms with Gasteiger partial charge in [0.2, 0.25) is 5.91 Å². The van der Waals surface area contributed by atoms with Gasteiger partial charge < -0.3 is 19.8 Å². The minimum absolute atomic E-state index is 0.0478. The zero-order chi connectivity index (χ0) is 52.0.